The Morgan fingerprint density at radius 2 is 2.00 bits per heavy atom. The van der Waals surface area contributed by atoms with E-state index in [2.05, 4.69) is 11.9 Å². The maximum Gasteiger partial charge on any atom is 0.416 e. The summed E-state index contributed by atoms with van der Waals surface area (Å²) >= 11 is 0. The molecule has 0 aliphatic heterocycles. The first-order valence-corrected chi connectivity index (χ1v) is 5.58. The molecule has 0 unspecified atom stereocenters. The Morgan fingerprint density at radius 1 is 1.25 bits per heavy atom. The van der Waals surface area contributed by atoms with E-state index < -0.39 is 0 Å². The SMILES string of the molecule is CCCCc1oc(=O)[nH]c1-c1ccccc1. The number of benzene rings is 1. The van der Waals surface area contributed by atoms with Gasteiger partial charge >= 0.3 is 5.76 Å². The van der Waals surface area contributed by atoms with Gasteiger partial charge in [-0.25, -0.2) is 4.79 Å². The van der Waals surface area contributed by atoms with Crippen LogP contribution in [0.15, 0.2) is 39.5 Å². The normalized spacial score (nSPS) is 10.6. The molecule has 0 aliphatic rings. The van der Waals surface area contributed by atoms with E-state index in [-0.39, 0.29) is 5.76 Å². The second kappa shape index (κ2) is 4.84. The fraction of sp³-hybridized carbons (Fsp3) is 0.308. The van der Waals surface area contributed by atoms with Gasteiger partial charge in [0.25, 0.3) is 0 Å². The lowest BCUT2D eigenvalue weighted by Gasteiger charge is -2.00. The van der Waals surface area contributed by atoms with E-state index >= 15 is 0 Å². The van der Waals surface area contributed by atoms with Crippen molar-refractivity contribution in [3.05, 3.63) is 46.6 Å². The molecule has 1 heterocycles. The Labute approximate surface area is 94.1 Å². The number of hydrogen-bond donors (Lipinski definition) is 1. The predicted octanol–water partition coefficient (Wildman–Crippen LogP) is 2.98. The number of oxazole rings is 1. The second-order valence-electron chi connectivity index (χ2n) is 3.78. The van der Waals surface area contributed by atoms with Crippen LogP contribution in [-0.4, -0.2) is 4.98 Å². The number of rotatable bonds is 4. The smallest absolute Gasteiger partial charge is 0.412 e. The van der Waals surface area contributed by atoms with Crippen molar-refractivity contribution in [2.75, 3.05) is 0 Å². The van der Waals surface area contributed by atoms with Gasteiger partial charge in [0, 0.05) is 12.0 Å². The van der Waals surface area contributed by atoms with Crippen molar-refractivity contribution in [2.24, 2.45) is 0 Å². The highest BCUT2D eigenvalue weighted by Gasteiger charge is 2.10. The van der Waals surface area contributed by atoms with E-state index in [0.29, 0.717) is 0 Å². The molecule has 0 amide bonds. The summed E-state index contributed by atoms with van der Waals surface area (Å²) in [6.07, 6.45) is 2.92. The lowest BCUT2D eigenvalue weighted by Crippen LogP contribution is -1.94. The molecule has 1 aromatic heterocycles. The fourth-order valence-corrected chi connectivity index (χ4v) is 1.71. The Balaban J connectivity index is 2.36. The quantitative estimate of drug-likeness (QED) is 0.855. The Morgan fingerprint density at radius 3 is 2.69 bits per heavy atom. The monoisotopic (exact) mass is 217 g/mol. The first-order chi connectivity index (χ1) is 7.81. The zero-order valence-corrected chi connectivity index (χ0v) is 9.32. The van der Waals surface area contributed by atoms with Crippen LogP contribution in [0.4, 0.5) is 0 Å². The molecular weight excluding hydrogens is 202 g/mol. The maximum absolute atomic E-state index is 11.2. The van der Waals surface area contributed by atoms with E-state index in [4.69, 9.17) is 4.42 Å². The van der Waals surface area contributed by atoms with Gasteiger partial charge in [-0.1, -0.05) is 43.7 Å². The van der Waals surface area contributed by atoms with Crippen LogP contribution in [0.5, 0.6) is 0 Å². The first-order valence-electron chi connectivity index (χ1n) is 5.58. The summed E-state index contributed by atoms with van der Waals surface area (Å²) in [5.41, 5.74) is 1.82. The molecule has 1 aromatic carbocycles. The average molecular weight is 217 g/mol. The van der Waals surface area contributed by atoms with Crippen molar-refractivity contribution in [1.82, 2.24) is 4.98 Å². The van der Waals surface area contributed by atoms with Gasteiger partial charge in [0.15, 0.2) is 0 Å². The number of nitrogens with one attached hydrogen (secondary N) is 1. The summed E-state index contributed by atoms with van der Waals surface area (Å²) in [6.45, 7) is 2.12. The molecule has 0 aliphatic carbocycles. The van der Waals surface area contributed by atoms with Gasteiger partial charge in [-0.3, -0.25) is 4.98 Å². The molecule has 0 spiro atoms. The zero-order chi connectivity index (χ0) is 11.4. The summed E-state index contributed by atoms with van der Waals surface area (Å²) in [5.74, 6) is 0.392. The van der Waals surface area contributed by atoms with E-state index in [1.807, 2.05) is 30.3 Å². The highest BCUT2D eigenvalue weighted by Crippen LogP contribution is 2.21. The van der Waals surface area contributed by atoms with Crippen LogP contribution in [0.2, 0.25) is 0 Å². The first kappa shape index (κ1) is 10.7. The van der Waals surface area contributed by atoms with Crippen molar-refractivity contribution >= 4 is 0 Å². The van der Waals surface area contributed by atoms with Crippen molar-refractivity contribution in [3.8, 4) is 11.3 Å². The molecule has 16 heavy (non-hydrogen) atoms. The molecular formula is C13H15NO2. The van der Waals surface area contributed by atoms with Gasteiger partial charge in [-0.15, -0.1) is 0 Å². The van der Waals surface area contributed by atoms with Crippen LogP contribution in [0.3, 0.4) is 0 Å². The molecule has 3 heteroatoms. The molecule has 0 radical (unpaired) electrons. The van der Waals surface area contributed by atoms with Crippen molar-refractivity contribution in [3.63, 3.8) is 0 Å². The molecule has 84 valence electrons. The van der Waals surface area contributed by atoms with E-state index in [1.54, 1.807) is 0 Å². The molecule has 3 nitrogen and oxygen atoms in total. The summed E-state index contributed by atoms with van der Waals surface area (Å²) in [5, 5.41) is 0. The molecule has 1 N–H and O–H groups in total. The minimum Gasteiger partial charge on any atom is -0.412 e. The zero-order valence-electron chi connectivity index (χ0n) is 9.32. The van der Waals surface area contributed by atoms with Gasteiger partial charge in [-0.2, -0.15) is 0 Å². The predicted molar refractivity (Wildman–Crippen MR) is 63.4 cm³/mol. The van der Waals surface area contributed by atoms with E-state index in [0.717, 1.165) is 36.3 Å². The van der Waals surface area contributed by atoms with Crippen molar-refractivity contribution < 1.29 is 4.42 Å². The van der Waals surface area contributed by atoms with E-state index in [1.165, 1.54) is 0 Å². The van der Waals surface area contributed by atoms with Crippen LogP contribution in [0, 0.1) is 0 Å². The van der Waals surface area contributed by atoms with Crippen molar-refractivity contribution in [2.45, 2.75) is 26.2 Å². The number of aryl methyl sites for hydroxylation is 1. The van der Waals surface area contributed by atoms with Crippen LogP contribution in [0.1, 0.15) is 25.5 Å². The Kier molecular flexibility index (Phi) is 3.25. The standard InChI is InChI=1S/C13H15NO2/c1-2-3-9-11-12(14-13(15)16-11)10-7-5-4-6-8-10/h4-8H,2-3,9H2,1H3,(H,14,15). The molecule has 0 fully saturated rings. The highest BCUT2D eigenvalue weighted by atomic mass is 16.4. The largest absolute Gasteiger partial charge is 0.416 e. The lowest BCUT2D eigenvalue weighted by molar-refractivity contribution is 0.463. The molecule has 0 bridgehead atoms. The average Bonchev–Trinajstić information content (AvgIpc) is 2.69. The highest BCUT2D eigenvalue weighted by molar-refractivity contribution is 5.60. The summed E-state index contributed by atoms with van der Waals surface area (Å²) in [4.78, 5) is 14.0. The number of aromatic nitrogens is 1. The van der Waals surface area contributed by atoms with Crippen LogP contribution in [-0.2, 0) is 6.42 Å². The molecule has 0 saturated heterocycles. The molecule has 0 saturated carbocycles. The topological polar surface area (TPSA) is 46.0 Å². The Hall–Kier alpha value is -1.77. The minimum absolute atomic E-state index is 0.370. The summed E-state index contributed by atoms with van der Waals surface area (Å²) in [7, 11) is 0. The lowest BCUT2D eigenvalue weighted by atomic mass is 10.1. The van der Waals surface area contributed by atoms with Gasteiger partial charge in [0.1, 0.15) is 5.76 Å². The van der Waals surface area contributed by atoms with Gasteiger partial charge in [-0.05, 0) is 6.42 Å². The molecule has 2 aromatic rings. The number of hydrogen-bond acceptors (Lipinski definition) is 2. The van der Waals surface area contributed by atoms with E-state index in [9.17, 15) is 4.79 Å². The second-order valence-corrected chi connectivity index (χ2v) is 3.78. The van der Waals surface area contributed by atoms with Crippen LogP contribution in [0.25, 0.3) is 11.3 Å². The number of aromatic amines is 1. The maximum atomic E-state index is 11.2. The number of unbranched alkanes of at least 4 members (excludes halogenated alkanes) is 1. The molecule has 2 rings (SSSR count). The minimum atomic E-state index is -0.370. The van der Waals surface area contributed by atoms with Crippen LogP contribution < -0.4 is 5.76 Å². The summed E-state index contributed by atoms with van der Waals surface area (Å²) in [6, 6.07) is 9.79. The van der Waals surface area contributed by atoms with Crippen molar-refractivity contribution in [1.29, 1.82) is 0 Å². The van der Waals surface area contributed by atoms with Gasteiger partial charge in [0.2, 0.25) is 0 Å². The van der Waals surface area contributed by atoms with Gasteiger partial charge < -0.3 is 4.42 Å². The van der Waals surface area contributed by atoms with Gasteiger partial charge in [0.05, 0.1) is 5.69 Å². The summed E-state index contributed by atoms with van der Waals surface area (Å²) < 4.78 is 5.16. The van der Waals surface area contributed by atoms with Crippen LogP contribution >= 0.6 is 0 Å². The third-order valence-corrected chi connectivity index (χ3v) is 2.54. The Bertz CT molecular complexity index is 496. The third-order valence-electron chi connectivity index (χ3n) is 2.54. The fourth-order valence-electron chi connectivity index (χ4n) is 1.71. The molecule has 0 atom stereocenters. The third kappa shape index (κ3) is 2.24. The number of H-pyrrole nitrogens is 1.